The molecule has 0 aliphatic carbocycles. The molecule has 1 aliphatic heterocycles. The van der Waals surface area contributed by atoms with Gasteiger partial charge in [-0.3, -0.25) is 0 Å². The molecule has 0 spiro atoms. The predicted molar refractivity (Wildman–Crippen MR) is 91.1 cm³/mol. The number of halogens is 1. The number of rotatable bonds is 4. The Balaban J connectivity index is 1.68. The zero-order valence-corrected chi connectivity index (χ0v) is 14.4. The lowest BCUT2D eigenvalue weighted by atomic mass is 9.85. The summed E-state index contributed by atoms with van der Waals surface area (Å²) in [5, 5.41) is 2.98. The number of amides is 1. The molecule has 2 aromatic carbocycles. The first kappa shape index (κ1) is 16.0. The van der Waals surface area contributed by atoms with Crippen molar-refractivity contribution in [3.63, 3.8) is 0 Å². The number of carbonyl (C=O) groups excluding carboxylic acids is 1. The topological polar surface area (TPSA) is 47.6 Å². The van der Waals surface area contributed by atoms with Gasteiger partial charge in [0.2, 0.25) is 0 Å². The average molecular weight is 376 g/mol. The normalized spacial score (nSPS) is 15.6. The van der Waals surface area contributed by atoms with Crippen molar-refractivity contribution in [2.45, 2.75) is 19.1 Å². The number of hydrogen-bond donors (Lipinski definition) is 1. The first-order chi connectivity index (χ1) is 11.1. The largest absolute Gasteiger partial charge is 0.445 e. The standard InChI is InChI=1S/C18H18BrNO3/c1-13-9-15(19)7-8-16(13)18(11-22-12-18)20-17(21)23-10-14-5-3-2-4-6-14/h2-9H,10-12H2,1H3,(H,20,21). The van der Waals surface area contributed by atoms with Gasteiger partial charge in [0.1, 0.15) is 12.1 Å². The molecular formula is C18H18BrNO3. The number of hydrogen-bond acceptors (Lipinski definition) is 3. The Bertz CT molecular complexity index is 699. The summed E-state index contributed by atoms with van der Waals surface area (Å²) in [5.74, 6) is 0. The summed E-state index contributed by atoms with van der Waals surface area (Å²) < 4.78 is 11.7. The van der Waals surface area contributed by atoms with E-state index in [2.05, 4.69) is 21.2 Å². The molecule has 0 bridgehead atoms. The summed E-state index contributed by atoms with van der Waals surface area (Å²) >= 11 is 3.46. The minimum Gasteiger partial charge on any atom is -0.445 e. The smallest absolute Gasteiger partial charge is 0.408 e. The molecule has 0 saturated carbocycles. The number of alkyl carbamates (subject to hydrolysis) is 1. The van der Waals surface area contributed by atoms with Gasteiger partial charge in [-0.15, -0.1) is 0 Å². The summed E-state index contributed by atoms with van der Waals surface area (Å²) in [6.07, 6.45) is -0.431. The Kier molecular flexibility index (Phi) is 4.68. The molecule has 1 fully saturated rings. The minimum absolute atomic E-state index is 0.253. The molecule has 0 unspecified atom stereocenters. The Labute approximate surface area is 143 Å². The quantitative estimate of drug-likeness (QED) is 0.880. The Morgan fingerprint density at radius 3 is 2.61 bits per heavy atom. The van der Waals surface area contributed by atoms with Crippen LogP contribution >= 0.6 is 15.9 Å². The third-order valence-electron chi connectivity index (χ3n) is 3.96. The van der Waals surface area contributed by atoms with E-state index in [-0.39, 0.29) is 6.61 Å². The first-order valence-corrected chi connectivity index (χ1v) is 8.22. The van der Waals surface area contributed by atoms with Gasteiger partial charge < -0.3 is 14.8 Å². The second-order valence-electron chi connectivity index (χ2n) is 5.72. The van der Waals surface area contributed by atoms with Crippen molar-refractivity contribution in [2.75, 3.05) is 13.2 Å². The van der Waals surface area contributed by atoms with Gasteiger partial charge in [0, 0.05) is 4.47 Å². The fourth-order valence-corrected chi connectivity index (χ4v) is 3.20. The van der Waals surface area contributed by atoms with E-state index in [9.17, 15) is 4.79 Å². The second-order valence-corrected chi connectivity index (χ2v) is 6.64. The number of carbonyl (C=O) groups is 1. The summed E-state index contributed by atoms with van der Waals surface area (Å²) in [7, 11) is 0. The molecule has 0 atom stereocenters. The summed E-state index contributed by atoms with van der Waals surface area (Å²) in [4.78, 5) is 12.2. The van der Waals surface area contributed by atoms with E-state index in [0.717, 1.165) is 21.2 Å². The fourth-order valence-electron chi connectivity index (χ4n) is 2.72. The van der Waals surface area contributed by atoms with Crippen molar-refractivity contribution >= 4 is 22.0 Å². The number of nitrogens with one attached hydrogen (secondary N) is 1. The zero-order chi connectivity index (χ0) is 16.3. The van der Waals surface area contributed by atoms with Crippen molar-refractivity contribution in [1.29, 1.82) is 0 Å². The van der Waals surface area contributed by atoms with Gasteiger partial charge in [-0.25, -0.2) is 4.79 Å². The number of benzene rings is 2. The average Bonchev–Trinajstić information content (AvgIpc) is 2.50. The van der Waals surface area contributed by atoms with E-state index in [1.165, 1.54) is 0 Å². The van der Waals surface area contributed by atoms with Crippen molar-refractivity contribution < 1.29 is 14.3 Å². The van der Waals surface area contributed by atoms with Crippen molar-refractivity contribution in [3.05, 3.63) is 69.7 Å². The van der Waals surface area contributed by atoms with Gasteiger partial charge in [-0.1, -0.05) is 52.3 Å². The van der Waals surface area contributed by atoms with Crippen LogP contribution in [0.25, 0.3) is 0 Å². The summed E-state index contributed by atoms with van der Waals surface area (Å²) in [6.45, 7) is 3.19. The van der Waals surface area contributed by atoms with Crippen LogP contribution in [0.1, 0.15) is 16.7 Å². The molecule has 2 aromatic rings. The molecule has 1 aliphatic rings. The van der Waals surface area contributed by atoms with Crippen LogP contribution in [0, 0.1) is 6.92 Å². The van der Waals surface area contributed by atoms with Crippen LogP contribution in [0.15, 0.2) is 53.0 Å². The van der Waals surface area contributed by atoms with E-state index in [0.29, 0.717) is 13.2 Å². The fraction of sp³-hybridized carbons (Fsp3) is 0.278. The zero-order valence-electron chi connectivity index (χ0n) is 12.8. The maximum Gasteiger partial charge on any atom is 0.408 e. The molecule has 120 valence electrons. The summed E-state index contributed by atoms with van der Waals surface area (Å²) in [6, 6.07) is 15.6. The van der Waals surface area contributed by atoms with Crippen LogP contribution in [-0.2, 0) is 21.6 Å². The number of ether oxygens (including phenoxy) is 2. The highest BCUT2D eigenvalue weighted by Crippen LogP contribution is 2.33. The van der Waals surface area contributed by atoms with Gasteiger partial charge >= 0.3 is 6.09 Å². The molecule has 1 heterocycles. The van der Waals surface area contributed by atoms with Gasteiger partial charge in [-0.2, -0.15) is 0 Å². The van der Waals surface area contributed by atoms with Crippen LogP contribution in [0.2, 0.25) is 0 Å². The van der Waals surface area contributed by atoms with Crippen LogP contribution in [-0.4, -0.2) is 19.3 Å². The van der Waals surface area contributed by atoms with E-state index >= 15 is 0 Å². The molecule has 1 saturated heterocycles. The maximum atomic E-state index is 12.2. The Morgan fingerprint density at radius 1 is 1.26 bits per heavy atom. The van der Waals surface area contributed by atoms with Crippen molar-refractivity contribution in [1.82, 2.24) is 5.32 Å². The third kappa shape index (κ3) is 3.57. The molecule has 23 heavy (non-hydrogen) atoms. The van der Waals surface area contributed by atoms with Crippen molar-refractivity contribution in [3.8, 4) is 0 Å². The lowest BCUT2D eigenvalue weighted by molar-refractivity contribution is -0.0765. The predicted octanol–water partition coefficient (Wildman–Crippen LogP) is 3.91. The second kappa shape index (κ2) is 6.72. The Hall–Kier alpha value is -1.85. The van der Waals surface area contributed by atoms with Crippen LogP contribution in [0.4, 0.5) is 4.79 Å². The highest BCUT2D eigenvalue weighted by molar-refractivity contribution is 9.10. The monoisotopic (exact) mass is 375 g/mol. The maximum absolute atomic E-state index is 12.2. The van der Waals surface area contributed by atoms with E-state index in [4.69, 9.17) is 9.47 Å². The highest BCUT2D eigenvalue weighted by Gasteiger charge is 2.43. The summed E-state index contributed by atoms with van der Waals surface area (Å²) in [5.41, 5.74) is 2.62. The Morgan fingerprint density at radius 2 is 2.00 bits per heavy atom. The molecule has 4 nitrogen and oxygen atoms in total. The molecule has 0 aromatic heterocycles. The third-order valence-corrected chi connectivity index (χ3v) is 4.45. The van der Waals surface area contributed by atoms with Gasteiger partial charge in [-0.05, 0) is 35.7 Å². The van der Waals surface area contributed by atoms with Gasteiger partial charge in [0.05, 0.1) is 13.2 Å². The van der Waals surface area contributed by atoms with E-state index < -0.39 is 11.6 Å². The molecule has 1 N–H and O–H groups in total. The highest BCUT2D eigenvalue weighted by atomic mass is 79.9. The number of aryl methyl sites for hydroxylation is 1. The molecule has 1 amide bonds. The first-order valence-electron chi connectivity index (χ1n) is 7.42. The molecule has 3 rings (SSSR count). The van der Waals surface area contributed by atoms with E-state index in [1.807, 2.05) is 55.5 Å². The molecular weight excluding hydrogens is 358 g/mol. The van der Waals surface area contributed by atoms with Crippen molar-refractivity contribution in [2.24, 2.45) is 0 Å². The lowest BCUT2D eigenvalue weighted by Crippen LogP contribution is -2.59. The van der Waals surface area contributed by atoms with E-state index in [1.54, 1.807) is 0 Å². The van der Waals surface area contributed by atoms with Gasteiger partial charge in [0.15, 0.2) is 0 Å². The molecule has 5 heteroatoms. The van der Waals surface area contributed by atoms with Crippen LogP contribution < -0.4 is 5.32 Å². The van der Waals surface area contributed by atoms with Gasteiger partial charge in [0.25, 0.3) is 0 Å². The van der Waals surface area contributed by atoms with Crippen LogP contribution in [0.3, 0.4) is 0 Å². The lowest BCUT2D eigenvalue weighted by Gasteiger charge is -2.42. The van der Waals surface area contributed by atoms with Crippen LogP contribution in [0.5, 0.6) is 0 Å². The SMILES string of the molecule is Cc1cc(Br)ccc1C1(NC(=O)OCc2ccccc2)COC1. The minimum atomic E-state index is -0.501. The molecule has 0 radical (unpaired) electrons.